The fourth-order valence-electron chi connectivity index (χ4n) is 4.90. The summed E-state index contributed by atoms with van der Waals surface area (Å²) in [5, 5.41) is 14.5. The molecule has 12 heteroatoms. The van der Waals surface area contributed by atoms with Gasteiger partial charge in [-0.15, -0.1) is 0 Å². The van der Waals surface area contributed by atoms with Gasteiger partial charge in [0.2, 0.25) is 11.8 Å². The quantitative estimate of drug-likeness (QED) is 0.143. The van der Waals surface area contributed by atoms with Crippen LogP contribution in [0.2, 0.25) is 0 Å². The SMILES string of the molecule is CCCNC(=O)[C@@H](Cc1ccccc1)N(Cc1cccc(OC)c1)C(=O)CN(c1cccc([N+](=O)[O-])c1)S(=O)(=O)c1ccccc1. The molecule has 0 aromatic heterocycles. The lowest BCUT2D eigenvalue weighted by Crippen LogP contribution is -2.53. The zero-order valence-electron chi connectivity index (χ0n) is 25.6. The molecule has 0 aliphatic rings. The van der Waals surface area contributed by atoms with Crippen molar-refractivity contribution in [2.24, 2.45) is 0 Å². The Bertz CT molecular complexity index is 1750. The molecule has 0 saturated carbocycles. The fourth-order valence-corrected chi connectivity index (χ4v) is 6.32. The number of nitro groups is 1. The van der Waals surface area contributed by atoms with E-state index in [0.29, 0.717) is 24.3 Å². The summed E-state index contributed by atoms with van der Waals surface area (Å²) in [6.07, 6.45) is 0.831. The smallest absolute Gasteiger partial charge is 0.271 e. The van der Waals surface area contributed by atoms with Crippen molar-refractivity contribution < 1.29 is 27.7 Å². The first-order chi connectivity index (χ1) is 22.1. The van der Waals surface area contributed by atoms with Crippen LogP contribution in [0.1, 0.15) is 24.5 Å². The zero-order valence-corrected chi connectivity index (χ0v) is 26.4. The highest BCUT2D eigenvalue weighted by atomic mass is 32.2. The maximum Gasteiger partial charge on any atom is 0.271 e. The number of methoxy groups -OCH3 is 1. The molecule has 1 N–H and O–H groups in total. The van der Waals surface area contributed by atoms with E-state index in [1.165, 1.54) is 42.3 Å². The highest BCUT2D eigenvalue weighted by molar-refractivity contribution is 7.92. The normalized spacial score (nSPS) is 11.7. The van der Waals surface area contributed by atoms with E-state index in [-0.39, 0.29) is 29.2 Å². The number of ether oxygens (including phenoxy) is 1. The van der Waals surface area contributed by atoms with Gasteiger partial charge >= 0.3 is 0 Å². The average molecular weight is 645 g/mol. The number of sulfonamides is 1. The predicted molar refractivity (Wildman–Crippen MR) is 175 cm³/mol. The molecule has 11 nitrogen and oxygen atoms in total. The average Bonchev–Trinajstić information content (AvgIpc) is 3.08. The molecule has 4 aromatic carbocycles. The fraction of sp³-hybridized carbons (Fsp3) is 0.235. The molecule has 46 heavy (non-hydrogen) atoms. The minimum atomic E-state index is -4.39. The minimum Gasteiger partial charge on any atom is -0.497 e. The van der Waals surface area contributed by atoms with Crippen molar-refractivity contribution in [3.05, 3.63) is 130 Å². The summed E-state index contributed by atoms with van der Waals surface area (Å²) < 4.78 is 34.3. The molecular formula is C34H36N4O7S. The lowest BCUT2D eigenvalue weighted by atomic mass is 10.0. The van der Waals surface area contributed by atoms with Gasteiger partial charge in [-0.3, -0.25) is 24.0 Å². The first-order valence-electron chi connectivity index (χ1n) is 14.7. The van der Waals surface area contributed by atoms with Crippen LogP contribution in [0.5, 0.6) is 5.75 Å². The van der Waals surface area contributed by atoms with E-state index < -0.39 is 39.3 Å². The second kappa shape index (κ2) is 15.7. The molecule has 4 rings (SSSR count). The highest BCUT2D eigenvalue weighted by Gasteiger charge is 2.35. The van der Waals surface area contributed by atoms with Crippen molar-refractivity contribution in [2.45, 2.75) is 37.2 Å². The molecule has 0 saturated heterocycles. The summed E-state index contributed by atoms with van der Waals surface area (Å²) >= 11 is 0. The zero-order chi connectivity index (χ0) is 33.1. The van der Waals surface area contributed by atoms with Gasteiger partial charge in [0.25, 0.3) is 15.7 Å². The summed E-state index contributed by atoms with van der Waals surface area (Å²) in [6.45, 7) is 1.53. The lowest BCUT2D eigenvalue weighted by Gasteiger charge is -2.34. The highest BCUT2D eigenvalue weighted by Crippen LogP contribution is 2.28. The van der Waals surface area contributed by atoms with Crippen molar-refractivity contribution in [1.29, 1.82) is 0 Å². The van der Waals surface area contributed by atoms with Gasteiger partial charge < -0.3 is 15.0 Å². The standard InChI is InChI=1S/C34H36N4O7S/c1-3-20-35-34(40)32(22-26-12-6-4-7-13-26)36(24-27-14-10-17-30(21-27)45-2)33(39)25-37(28-15-11-16-29(23-28)38(41)42)46(43,44)31-18-8-5-9-19-31/h4-19,21,23,32H,3,20,22,24-25H2,1-2H3,(H,35,40)/t32-/m1/s1. The molecule has 1 atom stereocenters. The molecule has 0 heterocycles. The first kappa shape index (κ1) is 33.7. The number of carbonyl (C=O) groups excluding carboxylic acids is 2. The Balaban J connectivity index is 1.83. The van der Waals surface area contributed by atoms with E-state index in [2.05, 4.69) is 5.32 Å². The van der Waals surface area contributed by atoms with Crippen LogP contribution in [-0.4, -0.2) is 56.3 Å². The van der Waals surface area contributed by atoms with Crippen LogP contribution in [0.25, 0.3) is 0 Å². The topological polar surface area (TPSA) is 139 Å². The Morgan fingerprint density at radius 1 is 0.891 bits per heavy atom. The molecule has 0 spiro atoms. The van der Waals surface area contributed by atoms with E-state index >= 15 is 0 Å². The summed E-state index contributed by atoms with van der Waals surface area (Å²) in [5.74, 6) is -0.527. The van der Waals surface area contributed by atoms with E-state index in [4.69, 9.17) is 4.74 Å². The van der Waals surface area contributed by atoms with Crippen molar-refractivity contribution in [3.63, 3.8) is 0 Å². The molecule has 2 amide bonds. The minimum absolute atomic E-state index is 0.0404. The Hall–Kier alpha value is -5.23. The molecule has 0 unspecified atom stereocenters. The van der Waals surface area contributed by atoms with E-state index in [9.17, 15) is 28.1 Å². The number of anilines is 1. The molecule has 0 bridgehead atoms. The number of carbonyl (C=O) groups is 2. The summed E-state index contributed by atoms with van der Waals surface area (Å²) in [7, 11) is -2.87. The Labute approximate surface area is 268 Å². The number of hydrogen-bond acceptors (Lipinski definition) is 7. The van der Waals surface area contributed by atoms with Gasteiger partial charge in [-0.25, -0.2) is 8.42 Å². The van der Waals surface area contributed by atoms with Gasteiger partial charge in [0.05, 0.1) is 22.6 Å². The summed E-state index contributed by atoms with van der Waals surface area (Å²) in [5.41, 5.74) is 1.05. The lowest BCUT2D eigenvalue weighted by molar-refractivity contribution is -0.384. The molecule has 0 fully saturated rings. The van der Waals surface area contributed by atoms with Gasteiger partial charge in [0.15, 0.2) is 0 Å². The van der Waals surface area contributed by atoms with Crippen LogP contribution < -0.4 is 14.4 Å². The van der Waals surface area contributed by atoms with Crippen molar-refractivity contribution >= 4 is 33.2 Å². The van der Waals surface area contributed by atoms with Gasteiger partial charge in [0, 0.05) is 31.6 Å². The van der Waals surface area contributed by atoms with Gasteiger partial charge in [-0.05, 0) is 47.9 Å². The predicted octanol–water partition coefficient (Wildman–Crippen LogP) is 4.97. The molecule has 0 radical (unpaired) electrons. The Kier molecular flexibility index (Phi) is 11.5. The third kappa shape index (κ3) is 8.48. The number of nitrogens with one attached hydrogen (secondary N) is 1. The summed E-state index contributed by atoms with van der Waals surface area (Å²) in [4.78, 5) is 40.4. The van der Waals surface area contributed by atoms with Gasteiger partial charge in [0.1, 0.15) is 18.3 Å². The Morgan fingerprint density at radius 2 is 1.54 bits per heavy atom. The van der Waals surface area contributed by atoms with Crippen molar-refractivity contribution in [3.8, 4) is 5.75 Å². The maximum absolute atomic E-state index is 14.5. The molecule has 0 aliphatic carbocycles. The third-order valence-corrected chi connectivity index (χ3v) is 9.03. The van der Waals surface area contributed by atoms with Crippen molar-refractivity contribution in [1.82, 2.24) is 10.2 Å². The second-order valence-corrected chi connectivity index (χ2v) is 12.3. The molecule has 4 aromatic rings. The molecule has 0 aliphatic heterocycles. The Morgan fingerprint density at radius 3 is 2.20 bits per heavy atom. The first-order valence-corrected chi connectivity index (χ1v) is 16.1. The third-order valence-electron chi connectivity index (χ3n) is 7.25. The number of benzene rings is 4. The molecular weight excluding hydrogens is 608 g/mol. The number of nitrogens with zero attached hydrogens (tertiary/aromatic N) is 3. The van der Waals surface area contributed by atoms with Crippen LogP contribution in [0.4, 0.5) is 11.4 Å². The molecule has 240 valence electrons. The van der Waals surface area contributed by atoms with Crippen LogP contribution in [0.15, 0.2) is 114 Å². The number of hydrogen-bond donors (Lipinski definition) is 1. The van der Waals surface area contributed by atoms with E-state index in [1.807, 2.05) is 37.3 Å². The number of nitro benzene ring substituents is 1. The van der Waals surface area contributed by atoms with E-state index in [1.54, 1.807) is 42.5 Å². The van der Waals surface area contributed by atoms with Gasteiger partial charge in [-0.2, -0.15) is 0 Å². The second-order valence-electron chi connectivity index (χ2n) is 10.5. The monoisotopic (exact) mass is 644 g/mol. The van der Waals surface area contributed by atoms with Crippen LogP contribution in [0, 0.1) is 10.1 Å². The van der Waals surface area contributed by atoms with E-state index in [0.717, 1.165) is 15.9 Å². The van der Waals surface area contributed by atoms with Gasteiger partial charge in [-0.1, -0.05) is 73.7 Å². The van der Waals surface area contributed by atoms with Crippen molar-refractivity contribution in [2.75, 3.05) is 24.5 Å². The number of non-ortho nitro benzene ring substituents is 1. The maximum atomic E-state index is 14.5. The largest absolute Gasteiger partial charge is 0.497 e. The van der Waals surface area contributed by atoms with Crippen LogP contribution in [-0.2, 0) is 32.6 Å². The number of amides is 2. The van der Waals surface area contributed by atoms with Crippen LogP contribution >= 0.6 is 0 Å². The summed E-state index contributed by atoms with van der Waals surface area (Å²) in [6, 6.07) is 27.8. The van der Waals surface area contributed by atoms with Crippen LogP contribution in [0.3, 0.4) is 0 Å². The number of rotatable bonds is 15.